The Hall–Kier alpha value is -7.11. The van der Waals surface area contributed by atoms with Crippen LogP contribution >= 0.6 is 0 Å². The first kappa shape index (κ1) is 47.9. The summed E-state index contributed by atoms with van der Waals surface area (Å²) < 4.78 is 5.66. The molecule has 3 heterocycles. The molecule has 3 fully saturated rings. The number of amides is 7. The van der Waals surface area contributed by atoms with Crippen molar-refractivity contribution >= 4 is 53.1 Å². The maximum atomic E-state index is 14.3. The number of ether oxygens (including phenoxy) is 1. The number of likely N-dealkylation sites (N-methyl/N-ethyl adjacent to an activating group) is 1. The maximum Gasteiger partial charge on any atom is 0.328 e. The van der Waals surface area contributed by atoms with Gasteiger partial charge in [-0.2, -0.15) is 0 Å². The molecule has 6 atom stereocenters. The van der Waals surface area contributed by atoms with Crippen molar-refractivity contribution in [3.63, 3.8) is 0 Å². The second-order valence-electron chi connectivity index (χ2n) is 15.8. The van der Waals surface area contributed by atoms with Crippen LogP contribution in [-0.4, -0.2) is 136 Å². The Kier molecular flexibility index (Phi) is 17.1. The van der Waals surface area contributed by atoms with E-state index in [1.54, 1.807) is 66.8 Å². The van der Waals surface area contributed by atoms with Crippen LogP contribution in [0.2, 0.25) is 0 Å². The molecular weight excluding hydrogens is 827 g/mol. The number of Topliss-reactive ketones (excluding diaryl/α,β-unsaturated/α-hetero) is 1. The summed E-state index contributed by atoms with van der Waals surface area (Å²) in [5.74, 6) is -5.50. The Morgan fingerprint density at radius 3 is 2.02 bits per heavy atom. The third kappa shape index (κ3) is 12.7. The molecule has 0 unspecified atom stereocenters. The highest BCUT2D eigenvalue weighted by Gasteiger charge is 2.43. The summed E-state index contributed by atoms with van der Waals surface area (Å²) in [6, 6.07) is 2.21. The molecule has 1 aromatic carbocycles. The summed E-state index contributed by atoms with van der Waals surface area (Å²) in [6.07, 6.45) is 17.0. The Bertz CT molecular complexity index is 2160. The van der Waals surface area contributed by atoms with E-state index in [-0.39, 0.29) is 62.4 Å². The first-order valence-corrected chi connectivity index (χ1v) is 21.3. The van der Waals surface area contributed by atoms with Crippen LogP contribution in [0.4, 0.5) is 0 Å². The van der Waals surface area contributed by atoms with Crippen LogP contribution in [0, 0.1) is 0 Å². The van der Waals surface area contributed by atoms with Crippen LogP contribution in [-0.2, 0) is 54.3 Å². The van der Waals surface area contributed by atoms with Gasteiger partial charge in [0.05, 0.1) is 0 Å². The monoisotopic (exact) mass is 881 g/mol. The fourth-order valence-corrected chi connectivity index (χ4v) is 7.62. The number of nitrogens with one attached hydrogen (secondary N) is 4. The van der Waals surface area contributed by atoms with Crippen LogP contribution in [0.15, 0.2) is 103 Å². The molecule has 5 rings (SSSR count). The number of cyclic esters (lactones) is 1. The largest absolute Gasteiger partial charge is 0.510 e. The molecule has 5 N–H and O–H groups in total. The Morgan fingerprint density at radius 1 is 0.797 bits per heavy atom. The molecule has 18 nitrogen and oxygen atoms in total. The van der Waals surface area contributed by atoms with E-state index in [1.165, 1.54) is 59.9 Å². The van der Waals surface area contributed by atoms with Gasteiger partial charge in [-0.05, 0) is 45.1 Å². The van der Waals surface area contributed by atoms with Gasteiger partial charge in [0, 0.05) is 51.6 Å². The Morgan fingerprint density at radius 2 is 1.39 bits per heavy atom. The van der Waals surface area contributed by atoms with Gasteiger partial charge in [-0.3, -0.25) is 38.4 Å². The van der Waals surface area contributed by atoms with Crippen LogP contribution in [0.1, 0.15) is 57.9 Å². The number of esters is 1. The highest BCUT2D eigenvalue weighted by atomic mass is 16.5. The van der Waals surface area contributed by atoms with Crippen molar-refractivity contribution in [1.82, 2.24) is 36.0 Å². The van der Waals surface area contributed by atoms with E-state index in [0.717, 1.165) is 0 Å². The lowest BCUT2D eigenvalue weighted by Gasteiger charge is -2.34. The average molecular weight is 882 g/mol. The standard InChI is InChI=1S/C46H55N7O11/c1-29-43(60)53-26-16-20-35(53)46(63)64-28-33(44(61)52-25-15-19-34(52)45(62)51(3)30(2)41(58)47-29)49-42(59)32(27-31-17-11-10-12-18-31)48-38(56)21-13-8-6-4-5-7-9-14-22-39(57)50-40-36(54)23-24-37(40)55/h4-14,17-18,21-22,29-30,32-35,54H,15-16,19-20,23-28H2,1-3H3,(H,47,58)(H,48,56)(H,49,59)(H,50,57)/t29-,30-,32-,33-,34-,35-/m0/s1. The van der Waals surface area contributed by atoms with Gasteiger partial charge in [0.2, 0.25) is 41.4 Å². The van der Waals surface area contributed by atoms with E-state index in [0.29, 0.717) is 18.4 Å². The molecule has 3 saturated heterocycles. The number of aliphatic hydroxyl groups excluding tert-OH is 1. The number of fused-ring (bicyclic) bond motifs is 2. The van der Waals surface area contributed by atoms with Gasteiger partial charge < -0.3 is 45.8 Å². The van der Waals surface area contributed by atoms with E-state index in [4.69, 9.17) is 4.74 Å². The van der Waals surface area contributed by atoms with Crippen LogP contribution in [0.25, 0.3) is 0 Å². The summed E-state index contributed by atoms with van der Waals surface area (Å²) in [4.78, 5) is 123. The van der Waals surface area contributed by atoms with Crippen molar-refractivity contribution in [3.8, 4) is 0 Å². The number of hydrogen-bond acceptors (Lipinski definition) is 11. The van der Waals surface area contributed by atoms with Crippen molar-refractivity contribution in [2.75, 3.05) is 26.7 Å². The van der Waals surface area contributed by atoms with Crippen LogP contribution in [0.5, 0.6) is 0 Å². The second kappa shape index (κ2) is 22.8. The number of hydrogen-bond donors (Lipinski definition) is 5. The van der Waals surface area contributed by atoms with E-state index in [9.17, 15) is 48.3 Å². The van der Waals surface area contributed by atoms with Crippen molar-refractivity contribution in [2.24, 2.45) is 0 Å². The quantitative estimate of drug-likeness (QED) is 0.113. The molecule has 0 spiro atoms. The van der Waals surface area contributed by atoms with E-state index in [1.807, 2.05) is 0 Å². The highest BCUT2D eigenvalue weighted by Crippen LogP contribution is 2.24. The number of aliphatic hydroxyl groups is 1. The lowest BCUT2D eigenvalue weighted by Crippen LogP contribution is -2.60. The summed E-state index contributed by atoms with van der Waals surface area (Å²) in [6.45, 7) is 2.79. The number of rotatable bonds is 12. The fourth-order valence-electron chi connectivity index (χ4n) is 7.62. The topological polar surface area (TPSA) is 241 Å². The minimum absolute atomic E-state index is 0.0271. The molecule has 340 valence electrons. The molecule has 4 aliphatic rings. The molecule has 0 aromatic heterocycles. The van der Waals surface area contributed by atoms with Crippen molar-refractivity contribution in [1.29, 1.82) is 0 Å². The SMILES string of the molecule is C[C@@H]1NC(=O)[C@H](C)N(C)C(=O)[C@@H]2CCCN2C(=O)[C@@H](NC(=O)[C@H](Cc2ccccc2)NC(=O)C=CC=CC=CC=CC=CC(=O)NC2=C(O)CCC2=O)COC(=O)[C@@H]2CCCN2C1=O. The van der Waals surface area contributed by atoms with Gasteiger partial charge in [-0.1, -0.05) is 78.9 Å². The van der Waals surface area contributed by atoms with Gasteiger partial charge in [0.1, 0.15) is 54.3 Å². The summed E-state index contributed by atoms with van der Waals surface area (Å²) in [7, 11) is 1.44. The summed E-state index contributed by atoms with van der Waals surface area (Å²) >= 11 is 0. The van der Waals surface area contributed by atoms with Gasteiger partial charge in [-0.15, -0.1) is 0 Å². The minimum atomic E-state index is -1.48. The fraction of sp³-hybridized carbons (Fsp3) is 0.413. The van der Waals surface area contributed by atoms with Gasteiger partial charge in [0.25, 0.3) is 0 Å². The zero-order chi connectivity index (χ0) is 46.3. The number of carbonyl (C=O) groups excluding carboxylic acids is 9. The van der Waals surface area contributed by atoms with Crippen molar-refractivity contribution in [3.05, 3.63) is 108 Å². The number of allylic oxidation sites excluding steroid dienone is 10. The van der Waals surface area contributed by atoms with Gasteiger partial charge in [-0.25, -0.2) is 4.79 Å². The number of benzene rings is 1. The molecular formula is C46H55N7O11. The zero-order valence-corrected chi connectivity index (χ0v) is 36.1. The smallest absolute Gasteiger partial charge is 0.328 e. The normalized spacial score (nSPS) is 24.6. The predicted octanol–water partition coefficient (Wildman–Crippen LogP) is 1.12. The molecule has 0 bridgehead atoms. The first-order chi connectivity index (χ1) is 30.7. The van der Waals surface area contributed by atoms with Crippen LogP contribution < -0.4 is 21.3 Å². The first-order valence-electron chi connectivity index (χ1n) is 21.3. The third-order valence-corrected chi connectivity index (χ3v) is 11.3. The number of ketones is 1. The van der Waals surface area contributed by atoms with Crippen molar-refractivity contribution < 1.29 is 53.0 Å². The highest BCUT2D eigenvalue weighted by molar-refractivity contribution is 6.03. The molecule has 0 radical (unpaired) electrons. The predicted molar refractivity (Wildman–Crippen MR) is 232 cm³/mol. The lowest BCUT2D eigenvalue weighted by atomic mass is 10.0. The van der Waals surface area contributed by atoms with Crippen LogP contribution in [0.3, 0.4) is 0 Å². The molecule has 1 aliphatic carbocycles. The molecule has 1 aromatic rings. The lowest BCUT2D eigenvalue weighted by molar-refractivity contribution is -0.158. The summed E-state index contributed by atoms with van der Waals surface area (Å²) in [5.41, 5.74) is 0.617. The molecule has 18 heteroatoms. The molecule has 0 saturated carbocycles. The van der Waals surface area contributed by atoms with E-state index in [2.05, 4.69) is 21.3 Å². The molecule has 7 amide bonds. The Labute approximate surface area is 371 Å². The molecule has 64 heavy (non-hydrogen) atoms. The van der Waals surface area contributed by atoms with E-state index >= 15 is 0 Å². The minimum Gasteiger partial charge on any atom is -0.510 e. The number of carbonyl (C=O) groups is 9. The molecule has 3 aliphatic heterocycles. The Balaban J connectivity index is 1.27. The maximum absolute atomic E-state index is 14.3. The van der Waals surface area contributed by atoms with E-state index < -0.39 is 90.2 Å². The zero-order valence-electron chi connectivity index (χ0n) is 36.1. The third-order valence-electron chi connectivity index (χ3n) is 11.3. The number of nitrogens with zero attached hydrogens (tertiary/aromatic N) is 3. The average Bonchev–Trinajstić information content (AvgIpc) is 4.05. The van der Waals surface area contributed by atoms with Gasteiger partial charge in [0.15, 0.2) is 5.78 Å². The van der Waals surface area contributed by atoms with Gasteiger partial charge >= 0.3 is 5.97 Å². The summed E-state index contributed by atoms with van der Waals surface area (Å²) in [5, 5.41) is 20.1. The van der Waals surface area contributed by atoms with Crippen molar-refractivity contribution in [2.45, 2.75) is 95.0 Å². The second-order valence-corrected chi connectivity index (χ2v) is 15.8.